The summed E-state index contributed by atoms with van der Waals surface area (Å²) in [5.74, 6) is -1.51. The maximum Gasteiger partial charge on any atom is 0.185 e. The lowest BCUT2D eigenvalue weighted by Gasteiger charge is -2.34. The third-order valence-electron chi connectivity index (χ3n) is 6.55. The van der Waals surface area contributed by atoms with Gasteiger partial charge in [0.25, 0.3) is 0 Å². The molecule has 0 N–H and O–H groups in total. The lowest BCUT2D eigenvalue weighted by molar-refractivity contribution is 0.0874. The minimum absolute atomic E-state index is 0.256. The standard InChI is InChI=1S/C27H17ClFN3O/c28-20-6-3-5-19(14-20)25(33)24-23(18-8-10-21(29)11-9-18)27(15-30,16-31)26-22-7-2-1-4-17(22)12-13-32(24)26/h1-14,23-24,26H/t23-,24+,26-/m0/s1. The first-order valence-electron chi connectivity index (χ1n) is 10.4. The minimum atomic E-state index is -1.59. The van der Waals surface area contributed by atoms with Gasteiger partial charge in [-0.05, 0) is 47.0 Å². The van der Waals surface area contributed by atoms with Crippen LogP contribution in [0.3, 0.4) is 0 Å². The third kappa shape index (κ3) is 3.13. The number of carbonyl (C=O) groups is 1. The van der Waals surface area contributed by atoms with E-state index in [1.807, 2.05) is 35.2 Å². The SMILES string of the molecule is N#CC1(C#N)[C@@H]2c3ccccc3C=CN2[C@@H](C(=O)c2cccc(Cl)c2)[C@@H]1c1ccc(F)cc1. The van der Waals surface area contributed by atoms with Gasteiger partial charge in [-0.15, -0.1) is 0 Å². The Morgan fingerprint density at radius 2 is 1.73 bits per heavy atom. The quantitative estimate of drug-likeness (QED) is 0.464. The number of halogens is 2. The summed E-state index contributed by atoms with van der Waals surface area (Å²) in [6.07, 6.45) is 3.67. The molecule has 160 valence electrons. The van der Waals surface area contributed by atoms with Crippen molar-refractivity contribution in [1.29, 1.82) is 10.5 Å². The van der Waals surface area contributed by atoms with E-state index in [4.69, 9.17) is 11.6 Å². The van der Waals surface area contributed by atoms with Gasteiger partial charge in [0.1, 0.15) is 11.9 Å². The highest BCUT2D eigenvalue weighted by Gasteiger charge is 2.63. The Kier molecular flexibility index (Phi) is 5.01. The van der Waals surface area contributed by atoms with Crippen molar-refractivity contribution in [2.45, 2.75) is 18.0 Å². The van der Waals surface area contributed by atoms with E-state index in [0.29, 0.717) is 16.1 Å². The van der Waals surface area contributed by atoms with E-state index in [1.165, 1.54) is 12.1 Å². The Balaban J connectivity index is 1.77. The molecule has 0 spiro atoms. The van der Waals surface area contributed by atoms with Crippen molar-refractivity contribution in [3.63, 3.8) is 0 Å². The molecule has 3 aromatic rings. The van der Waals surface area contributed by atoms with Crippen molar-refractivity contribution in [1.82, 2.24) is 4.90 Å². The second-order valence-electron chi connectivity index (χ2n) is 8.24. The van der Waals surface area contributed by atoms with Gasteiger partial charge in [-0.3, -0.25) is 4.79 Å². The van der Waals surface area contributed by atoms with E-state index in [2.05, 4.69) is 12.1 Å². The topological polar surface area (TPSA) is 67.9 Å². The van der Waals surface area contributed by atoms with Gasteiger partial charge < -0.3 is 4.90 Å². The van der Waals surface area contributed by atoms with Crippen molar-refractivity contribution < 1.29 is 9.18 Å². The number of Topliss-reactive ketones (excluding diaryl/α,β-unsaturated/α-hetero) is 1. The van der Waals surface area contributed by atoms with Gasteiger partial charge in [0.05, 0.1) is 18.2 Å². The van der Waals surface area contributed by atoms with Gasteiger partial charge in [-0.1, -0.05) is 60.1 Å². The van der Waals surface area contributed by atoms with Crippen LogP contribution in [-0.2, 0) is 0 Å². The number of benzene rings is 3. The van der Waals surface area contributed by atoms with Crippen LogP contribution in [0.4, 0.5) is 4.39 Å². The van der Waals surface area contributed by atoms with Crippen LogP contribution in [0.15, 0.2) is 79.0 Å². The molecule has 3 atom stereocenters. The maximum absolute atomic E-state index is 13.9. The Morgan fingerprint density at radius 1 is 1.00 bits per heavy atom. The summed E-state index contributed by atoms with van der Waals surface area (Å²) in [6.45, 7) is 0. The van der Waals surface area contributed by atoms with Crippen molar-refractivity contribution in [2.24, 2.45) is 5.41 Å². The molecule has 33 heavy (non-hydrogen) atoms. The highest BCUT2D eigenvalue weighted by atomic mass is 35.5. The molecule has 5 rings (SSSR count). The van der Waals surface area contributed by atoms with E-state index < -0.39 is 29.2 Å². The summed E-state index contributed by atoms with van der Waals surface area (Å²) in [5.41, 5.74) is 1.05. The van der Waals surface area contributed by atoms with Crippen LogP contribution in [0, 0.1) is 33.9 Å². The van der Waals surface area contributed by atoms with E-state index in [-0.39, 0.29) is 5.78 Å². The fourth-order valence-electron chi connectivity index (χ4n) is 5.15. The Morgan fingerprint density at radius 3 is 2.42 bits per heavy atom. The second kappa shape index (κ2) is 7.89. The minimum Gasteiger partial charge on any atom is -0.357 e. The molecule has 0 unspecified atom stereocenters. The Labute approximate surface area is 195 Å². The summed E-state index contributed by atoms with van der Waals surface area (Å²) in [7, 11) is 0. The fourth-order valence-corrected chi connectivity index (χ4v) is 5.34. The molecule has 0 bridgehead atoms. The zero-order valence-corrected chi connectivity index (χ0v) is 18.1. The van der Waals surface area contributed by atoms with Crippen LogP contribution in [0.2, 0.25) is 5.02 Å². The van der Waals surface area contributed by atoms with Crippen molar-refractivity contribution in [3.05, 3.63) is 112 Å². The number of rotatable bonds is 3. The molecule has 2 heterocycles. The van der Waals surface area contributed by atoms with Gasteiger partial charge >= 0.3 is 0 Å². The molecule has 3 aromatic carbocycles. The lowest BCUT2D eigenvalue weighted by atomic mass is 9.67. The third-order valence-corrected chi connectivity index (χ3v) is 6.79. The monoisotopic (exact) mass is 453 g/mol. The van der Waals surface area contributed by atoms with Crippen LogP contribution in [0.5, 0.6) is 0 Å². The molecule has 4 nitrogen and oxygen atoms in total. The Bertz CT molecular complexity index is 1360. The number of fused-ring (bicyclic) bond motifs is 3. The van der Waals surface area contributed by atoms with Crippen LogP contribution in [-0.4, -0.2) is 16.7 Å². The molecule has 1 saturated heterocycles. The second-order valence-corrected chi connectivity index (χ2v) is 8.67. The highest BCUT2D eigenvalue weighted by Crippen LogP contribution is 2.60. The van der Waals surface area contributed by atoms with Crippen LogP contribution in [0.25, 0.3) is 6.08 Å². The number of carbonyl (C=O) groups excluding carboxylic acids is 1. The van der Waals surface area contributed by atoms with Crippen LogP contribution in [0.1, 0.15) is 39.0 Å². The number of hydrogen-bond donors (Lipinski definition) is 0. The summed E-state index contributed by atoms with van der Waals surface area (Å²) < 4.78 is 13.8. The van der Waals surface area contributed by atoms with E-state index in [1.54, 1.807) is 42.6 Å². The zero-order valence-electron chi connectivity index (χ0n) is 17.3. The van der Waals surface area contributed by atoms with Gasteiger partial charge in [-0.25, -0.2) is 4.39 Å². The average Bonchev–Trinajstić information content (AvgIpc) is 3.15. The average molecular weight is 454 g/mol. The fraction of sp³-hybridized carbons (Fsp3) is 0.148. The summed E-state index contributed by atoms with van der Waals surface area (Å²) in [5, 5.41) is 21.3. The molecular formula is C27H17ClFN3O. The predicted molar refractivity (Wildman–Crippen MR) is 122 cm³/mol. The summed E-state index contributed by atoms with van der Waals surface area (Å²) in [4.78, 5) is 15.7. The lowest BCUT2D eigenvalue weighted by Crippen LogP contribution is -2.37. The van der Waals surface area contributed by atoms with Gasteiger partial charge in [0.15, 0.2) is 11.2 Å². The smallest absolute Gasteiger partial charge is 0.185 e. The number of nitrogens with zero attached hydrogens (tertiary/aromatic N) is 3. The zero-order chi connectivity index (χ0) is 23.2. The predicted octanol–water partition coefficient (Wildman–Crippen LogP) is 5.89. The highest BCUT2D eigenvalue weighted by molar-refractivity contribution is 6.31. The normalized spacial score (nSPS) is 22.1. The van der Waals surface area contributed by atoms with Crippen molar-refractivity contribution in [3.8, 4) is 12.1 Å². The molecular weight excluding hydrogens is 437 g/mol. The maximum atomic E-state index is 13.9. The number of nitriles is 2. The molecule has 2 aliphatic rings. The summed E-state index contributed by atoms with van der Waals surface area (Å²) >= 11 is 6.16. The van der Waals surface area contributed by atoms with E-state index in [9.17, 15) is 19.7 Å². The van der Waals surface area contributed by atoms with Gasteiger partial charge in [-0.2, -0.15) is 10.5 Å². The number of hydrogen-bond acceptors (Lipinski definition) is 4. The molecule has 6 heteroatoms. The molecule has 0 amide bonds. The molecule has 0 saturated carbocycles. The molecule has 0 aromatic heterocycles. The first kappa shape index (κ1) is 20.9. The van der Waals surface area contributed by atoms with Gasteiger partial charge in [0.2, 0.25) is 0 Å². The largest absolute Gasteiger partial charge is 0.357 e. The first-order valence-corrected chi connectivity index (χ1v) is 10.8. The van der Waals surface area contributed by atoms with Crippen molar-refractivity contribution >= 4 is 23.5 Å². The van der Waals surface area contributed by atoms with Crippen molar-refractivity contribution in [2.75, 3.05) is 0 Å². The van der Waals surface area contributed by atoms with E-state index >= 15 is 0 Å². The molecule has 0 aliphatic carbocycles. The Hall–Kier alpha value is -3.93. The number of ketones is 1. The molecule has 2 aliphatic heterocycles. The molecule has 1 fully saturated rings. The van der Waals surface area contributed by atoms with Gasteiger partial charge in [0, 0.05) is 22.7 Å². The van der Waals surface area contributed by atoms with E-state index in [0.717, 1.165) is 11.1 Å². The van der Waals surface area contributed by atoms with Crippen LogP contribution >= 0.6 is 11.6 Å². The summed E-state index contributed by atoms with van der Waals surface area (Å²) in [6, 6.07) is 22.9. The molecule has 0 radical (unpaired) electrons. The first-order chi connectivity index (χ1) is 16.0. The van der Waals surface area contributed by atoms with Crippen LogP contribution < -0.4 is 0 Å².